The number of hydrogen-bond donors (Lipinski definition) is 1. The number of nitrogens with zero attached hydrogens (tertiary/aromatic N) is 6. The first-order chi connectivity index (χ1) is 13.0. The zero-order valence-electron chi connectivity index (χ0n) is 15.4. The Bertz CT molecular complexity index is 1010. The molecule has 0 radical (unpaired) electrons. The summed E-state index contributed by atoms with van der Waals surface area (Å²) in [6.07, 6.45) is 8.63. The first kappa shape index (κ1) is 17.2. The molecule has 0 spiro atoms. The molecular weight excluding hydrogens is 342 g/mol. The van der Waals surface area contributed by atoms with Crippen molar-refractivity contribution in [2.75, 3.05) is 25.1 Å². The first-order valence-electron chi connectivity index (χ1n) is 8.82. The zero-order valence-corrected chi connectivity index (χ0v) is 15.4. The van der Waals surface area contributed by atoms with Gasteiger partial charge in [0.05, 0.1) is 48.7 Å². The number of anilines is 1. The van der Waals surface area contributed by atoms with Gasteiger partial charge in [0.2, 0.25) is 0 Å². The van der Waals surface area contributed by atoms with E-state index in [2.05, 4.69) is 33.0 Å². The van der Waals surface area contributed by atoms with Crippen molar-refractivity contribution < 1.29 is 4.74 Å². The summed E-state index contributed by atoms with van der Waals surface area (Å²) in [5.74, 6) is 1.47. The minimum Gasteiger partial charge on any atom is -0.495 e. The quantitative estimate of drug-likeness (QED) is 0.758. The van der Waals surface area contributed by atoms with E-state index in [1.807, 2.05) is 6.07 Å². The lowest BCUT2D eigenvalue weighted by atomic mass is 9.91. The molecule has 1 fully saturated rings. The number of rotatable bonds is 3. The summed E-state index contributed by atoms with van der Waals surface area (Å²) in [6.45, 7) is 3.82. The fraction of sp³-hybridized carbons (Fsp3) is 0.368. The standard InChI is InChI=1S/C19H21N7O/c1-19(21)3-5-25(6-4-19)17-11-22-16(10-23-17)15-7-14(27-2)12-26-18(15)13(8-20)9-24-26/h7,9-12H,3-6,21H2,1-2H3. The fourth-order valence-electron chi connectivity index (χ4n) is 3.36. The Morgan fingerprint density at radius 2 is 2.00 bits per heavy atom. The number of ether oxygens (including phenoxy) is 1. The third kappa shape index (κ3) is 3.17. The summed E-state index contributed by atoms with van der Waals surface area (Å²) >= 11 is 0. The molecule has 0 bridgehead atoms. The Kier molecular flexibility index (Phi) is 4.16. The van der Waals surface area contributed by atoms with E-state index in [1.165, 1.54) is 6.20 Å². The number of pyridine rings is 1. The van der Waals surface area contributed by atoms with E-state index in [-0.39, 0.29) is 5.54 Å². The molecule has 1 aliphatic heterocycles. The molecule has 1 saturated heterocycles. The van der Waals surface area contributed by atoms with Crippen LogP contribution < -0.4 is 15.4 Å². The van der Waals surface area contributed by atoms with Gasteiger partial charge < -0.3 is 15.4 Å². The molecule has 0 atom stereocenters. The molecule has 138 valence electrons. The molecule has 4 rings (SSSR count). The fourth-order valence-corrected chi connectivity index (χ4v) is 3.36. The molecule has 3 aromatic heterocycles. The number of nitrogens with two attached hydrogens (primary N) is 1. The van der Waals surface area contributed by atoms with Crippen LogP contribution in [0.5, 0.6) is 5.75 Å². The highest BCUT2D eigenvalue weighted by Gasteiger charge is 2.26. The van der Waals surface area contributed by atoms with E-state index in [4.69, 9.17) is 10.5 Å². The smallest absolute Gasteiger partial charge is 0.147 e. The summed E-state index contributed by atoms with van der Waals surface area (Å²) < 4.78 is 6.99. The van der Waals surface area contributed by atoms with Crippen LogP contribution in [0, 0.1) is 11.3 Å². The SMILES string of the molecule is COc1cc(-c2cnc(N3CCC(C)(N)CC3)cn2)c2c(C#N)cnn2c1. The van der Waals surface area contributed by atoms with Crippen LogP contribution in [0.3, 0.4) is 0 Å². The Morgan fingerprint density at radius 1 is 1.22 bits per heavy atom. The lowest BCUT2D eigenvalue weighted by molar-refractivity contribution is 0.363. The Labute approximate surface area is 157 Å². The van der Waals surface area contributed by atoms with Crippen LogP contribution in [0.15, 0.2) is 30.9 Å². The van der Waals surface area contributed by atoms with Crippen LogP contribution in [0.2, 0.25) is 0 Å². The van der Waals surface area contributed by atoms with Crippen LogP contribution in [0.1, 0.15) is 25.3 Å². The number of hydrogen-bond acceptors (Lipinski definition) is 7. The second kappa shape index (κ2) is 6.52. The highest BCUT2D eigenvalue weighted by molar-refractivity contribution is 5.83. The van der Waals surface area contributed by atoms with Gasteiger partial charge in [0.25, 0.3) is 0 Å². The largest absolute Gasteiger partial charge is 0.495 e. The van der Waals surface area contributed by atoms with Gasteiger partial charge in [-0.25, -0.2) is 9.50 Å². The molecule has 0 unspecified atom stereocenters. The van der Waals surface area contributed by atoms with Crippen molar-refractivity contribution in [3.8, 4) is 23.1 Å². The minimum atomic E-state index is -0.105. The maximum absolute atomic E-state index is 9.39. The molecule has 3 aromatic rings. The van der Waals surface area contributed by atoms with Gasteiger partial charge in [0, 0.05) is 24.2 Å². The molecule has 27 heavy (non-hydrogen) atoms. The Hall–Kier alpha value is -3.18. The average Bonchev–Trinajstić information content (AvgIpc) is 3.10. The molecule has 0 saturated carbocycles. The lowest BCUT2D eigenvalue weighted by Gasteiger charge is -2.37. The molecule has 8 heteroatoms. The summed E-state index contributed by atoms with van der Waals surface area (Å²) in [5.41, 5.74) is 8.70. The summed E-state index contributed by atoms with van der Waals surface area (Å²) in [5, 5.41) is 13.6. The summed E-state index contributed by atoms with van der Waals surface area (Å²) in [6, 6.07) is 4.03. The van der Waals surface area contributed by atoms with Gasteiger partial charge in [-0.05, 0) is 25.8 Å². The third-order valence-corrected chi connectivity index (χ3v) is 5.09. The van der Waals surface area contributed by atoms with Gasteiger partial charge in [-0.15, -0.1) is 0 Å². The highest BCUT2D eigenvalue weighted by atomic mass is 16.5. The van der Waals surface area contributed by atoms with Crippen LogP contribution in [-0.2, 0) is 0 Å². The number of methoxy groups -OCH3 is 1. The molecule has 2 N–H and O–H groups in total. The zero-order chi connectivity index (χ0) is 19.0. The third-order valence-electron chi connectivity index (χ3n) is 5.09. The van der Waals surface area contributed by atoms with E-state index in [9.17, 15) is 5.26 Å². The van der Waals surface area contributed by atoms with E-state index >= 15 is 0 Å². The molecule has 1 aliphatic rings. The van der Waals surface area contributed by atoms with E-state index in [0.29, 0.717) is 22.5 Å². The monoisotopic (exact) mass is 363 g/mol. The Balaban J connectivity index is 1.70. The Morgan fingerprint density at radius 3 is 2.63 bits per heavy atom. The number of piperidine rings is 1. The molecule has 8 nitrogen and oxygen atoms in total. The second-order valence-corrected chi connectivity index (χ2v) is 7.16. The van der Waals surface area contributed by atoms with Crippen LogP contribution in [0.4, 0.5) is 5.82 Å². The van der Waals surface area contributed by atoms with E-state index in [0.717, 1.165) is 37.3 Å². The molecule has 4 heterocycles. The van der Waals surface area contributed by atoms with Gasteiger partial charge in [0.15, 0.2) is 0 Å². The number of fused-ring (bicyclic) bond motifs is 1. The first-order valence-corrected chi connectivity index (χ1v) is 8.82. The van der Waals surface area contributed by atoms with E-state index in [1.54, 1.807) is 30.2 Å². The predicted molar refractivity (Wildman–Crippen MR) is 102 cm³/mol. The molecule has 0 aromatic carbocycles. The van der Waals surface area contributed by atoms with Gasteiger partial charge in [0.1, 0.15) is 17.6 Å². The number of nitriles is 1. The number of aromatic nitrogens is 4. The lowest BCUT2D eigenvalue weighted by Crippen LogP contribution is -2.48. The highest BCUT2D eigenvalue weighted by Crippen LogP contribution is 2.30. The van der Waals surface area contributed by atoms with Crippen LogP contribution in [-0.4, -0.2) is 45.3 Å². The average molecular weight is 363 g/mol. The van der Waals surface area contributed by atoms with Gasteiger partial charge in [-0.1, -0.05) is 0 Å². The van der Waals surface area contributed by atoms with Crippen molar-refractivity contribution in [3.05, 3.63) is 36.4 Å². The summed E-state index contributed by atoms with van der Waals surface area (Å²) in [4.78, 5) is 11.4. The molecular formula is C19H21N7O. The second-order valence-electron chi connectivity index (χ2n) is 7.16. The minimum absolute atomic E-state index is 0.105. The molecule has 0 aliphatic carbocycles. The maximum atomic E-state index is 9.39. The maximum Gasteiger partial charge on any atom is 0.147 e. The van der Waals surface area contributed by atoms with Crippen molar-refractivity contribution in [1.29, 1.82) is 5.26 Å². The predicted octanol–water partition coefficient (Wildman–Crippen LogP) is 1.99. The van der Waals surface area contributed by atoms with Crippen molar-refractivity contribution in [2.24, 2.45) is 5.73 Å². The van der Waals surface area contributed by atoms with Gasteiger partial charge in [-0.3, -0.25) is 4.98 Å². The van der Waals surface area contributed by atoms with Gasteiger partial charge >= 0.3 is 0 Å². The van der Waals surface area contributed by atoms with Crippen molar-refractivity contribution >= 4 is 11.3 Å². The topological polar surface area (TPSA) is 105 Å². The van der Waals surface area contributed by atoms with Crippen LogP contribution >= 0.6 is 0 Å². The van der Waals surface area contributed by atoms with Gasteiger partial charge in [-0.2, -0.15) is 10.4 Å². The van der Waals surface area contributed by atoms with Crippen molar-refractivity contribution in [2.45, 2.75) is 25.3 Å². The van der Waals surface area contributed by atoms with E-state index < -0.39 is 0 Å². The van der Waals surface area contributed by atoms with Crippen LogP contribution in [0.25, 0.3) is 16.8 Å². The summed E-state index contributed by atoms with van der Waals surface area (Å²) in [7, 11) is 1.59. The molecule has 0 amide bonds. The normalized spacial score (nSPS) is 16.3. The van der Waals surface area contributed by atoms with Crippen molar-refractivity contribution in [3.63, 3.8) is 0 Å². The van der Waals surface area contributed by atoms with Crippen molar-refractivity contribution in [1.82, 2.24) is 19.6 Å².